The number of aromatic nitrogens is 2. The van der Waals surface area contributed by atoms with Crippen molar-refractivity contribution in [2.45, 2.75) is 26.8 Å². The first-order chi connectivity index (χ1) is 15.0. The van der Waals surface area contributed by atoms with Crippen molar-refractivity contribution in [2.24, 2.45) is 4.99 Å². The van der Waals surface area contributed by atoms with Crippen molar-refractivity contribution >= 4 is 64.0 Å². The number of carbonyl (C=O) groups excluding carboxylic acids is 1. The van der Waals surface area contributed by atoms with Gasteiger partial charge in [-0.25, -0.2) is 14.8 Å². The van der Waals surface area contributed by atoms with Crippen LogP contribution in [-0.2, 0) is 4.74 Å². The maximum atomic E-state index is 12.0. The predicted octanol–water partition coefficient (Wildman–Crippen LogP) is 4.13. The molecule has 0 spiro atoms. The van der Waals surface area contributed by atoms with Crippen LogP contribution in [0.2, 0.25) is 0 Å². The van der Waals surface area contributed by atoms with Crippen LogP contribution in [0.1, 0.15) is 40.3 Å². The number of nitrogens with one attached hydrogen (secondary N) is 3. The fourth-order valence-corrected chi connectivity index (χ4v) is 3.95. The predicted molar refractivity (Wildman–Crippen MR) is 141 cm³/mol. The highest BCUT2D eigenvalue weighted by atomic mass is 127. The van der Waals surface area contributed by atoms with E-state index in [4.69, 9.17) is 4.74 Å². The Kier molecular flexibility index (Phi) is 10.1. The van der Waals surface area contributed by atoms with Gasteiger partial charge < -0.3 is 20.7 Å². The normalized spacial score (nSPS) is 12.1. The average Bonchev–Trinajstić information content (AvgIpc) is 3.17. The zero-order valence-electron chi connectivity index (χ0n) is 18.6. The van der Waals surface area contributed by atoms with Crippen molar-refractivity contribution in [3.8, 4) is 0 Å². The van der Waals surface area contributed by atoms with Gasteiger partial charge in [0.05, 0.1) is 23.9 Å². The number of anilines is 1. The second-order valence-corrected chi connectivity index (χ2v) is 7.90. The molecule has 10 heteroatoms. The first-order valence-corrected chi connectivity index (χ1v) is 11.0. The molecule has 0 saturated carbocycles. The summed E-state index contributed by atoms with van der Waals surface area (Å²) in [7, 11) is 1.72. The molecule has 0 aliphatic rings. The maximum Gasteiger partial charge on any atom is 0.350 e. The number of para-hydroxylation sites is 1. The van der Waals surface area contributed by atoms with E-state index in [-0.39, 0.29) is 36.0 Å². The number of nitrogens with zero attached hydrogens (tertiary/aromatic N) is 3. The number of fused-ring (bicyclic) bond motifs is 1. The minimum Gasteiger partial charge on any atom is -0.462 e. The van der Waals surface area contributed by atoms with E-state index < -0.39 is 0 Å². The Morgan fingerprint density at radius 3 is 2.72 bits per heavy atom. The molecule has 0 aliphatic carbocycles. The summed E-state index contributed by atoms with van der Waals surface area (Å²) in [5.41, 5.74) is 1.65. The van der Waals surface area contributed by atoms with Crippen molar-refractivity contribution in [3.05, 3.63) is 52.0 Å². The Hall–Kier alpha value is -2.47. The maximum absolute atomic E-state index is 12.0. The van der Waals surface area contributed by atoms with Crippen LogP contribution in [0.15, 0.2) is 41.4 Å². The molecule has 1 atom stereocenters. The van der Waals surface area contributed by atoms with Gasteiger partial charge in [-0.05, 0) is 39.0 Å². The highest BCUT2D eigenvalue weighted by Gasteiger charge is 2.20. The van der Waals surface area contributed by atoms with Gasteiger partial charge in [0.1, 0.15) is 15.7 Å². The van der Waals surface area contributed by atoms with E-state index in [1.165, 1.54) is 11.3 Å². The summed E-state index contributed by atoms with van der Waals surface area (Å²) in [6, 6.07) is 12.0. The van der Waals surface area contributed by atoms with Crippen LogP contribution in [0, 0.1) is 6.92 Å². The lowest BCUT2D eigenvalue weighted by Crippen LogP contribution is -2.40. The van der Waals surface area contributed by atoms with Crippen LogP contribution in [0.4, 0.5) is 5.82 Å². The largest absolute Gasteiger partial charge is 0.462 e. The lowest BCUT2D eigenvalue weighted by Gasteiger charge is -2.16. The molecule has 172 valence electrons. The molecular formula is C22H29IN6O2S. The standard InChI is InChI=1S/C22H28N6O2S.HI/c1-5-30-21(29)19-14(2)26-20(31-19)15(3)27-22(23-4)25-13-12-24-18-11-10-16-8-6-7-9-17(16)28-18;/h6-11,15H,5,12-13H2,1-4H3,(H,24,28)(H2,23,25,27);1H. The van der Waals surface area contributed by atoms with Gasteiger partial charge in [0.15, 0.2) is 5.96 Å². The third-order valence-electron chi connectivity index (χ3n) is 4.54. The van der Waals surface area contributed by atoms with Gasteiger partial charge >= 0.3 is 5.97 Å². The number of carbonyl (C=O) groups is 1. The first-order valence-electron chi connectivity index (χ1n) is 10.2. The Labute approximate surface area is 209 Å². The second-order valence-electron chi connectivity index (χ2n) is 6.87. The van der Waals surface area contributed by atoms with Crippen LogP contribution in [0.3, 0.4) is 0 Å². The molecule has 32 heavy (non-hydrogen) atoms. The molecule has 1 aromatic carbocycles. The number of aliphatic imine (C=N–C) groups is 1. The summed E-state index contributed by atoms with van der Waals surface area (Å²) in [5.74, 6) is 1.17. The molecule has 2 heterocycles. The minimum atomic E-state index is -0.327. The number of benzene rings is 1. The van der Waals surface area contributed by atoms with Crippen molar-refractivity contribution in [1.82, 2.24) is 20.6 Å². The molecule has 0 saturated heterocycles. The van der Waals surface area contributed by atoms with E-state index in [1.54, 1.807) is 14.0 Å². The number of hydrogen-bond donors (Lipinski definition) is 3. The van der Waals surface area contributed by atoms with E-state index in [0.717, 1.165) is 21.7 Å². The van der Waals surface area contributed by atoms with Crippen molar-refractivity contribution < 1.29 is 9.53 Å². The summed E-state index contributed by atoms with van der Waals surface area (Å²) in [6.45, 7) is 7.28. The van der Waals surface area contributed by atoms with Crippen molar-refractivity contribution in [3.63, 3.8) is 0 Å². The van der Waals surface area contributed by atoms with Gasteiger partial charge in [0.2, 0.25) is 0 Å². The van der Waals surface area contributed by atoms with Gasteiger partial charge in [-0.1, -0.05) is 18.2 Å². The SMILES string of the molecule is CCOC(=O)c1sc(C(C)NC(=NC)NCCNc2ccc3ccccc3n2)nc1C.I. The fraction of sp³-hybridized carbons (Fsp3) is 0.364. The third kappa shape index (κ3) is 6.76. The smallest absolute Gasteiger partial charge is 0.350 e. The lowest BCUT2D eigenvalue weighted by atomic mass is 10.2. The van der Waals surface area contributed by atoms with Gasteiger partial charge in [0.25, 0.3) is 0 Å². The van der Waals surface area contributed by atoms with Gasteiger partial charge in [-0.3, -0.25) is 4.99 Å². The van der Waals surface area contributed by atoms with Gasteiger partial charge in [0, 0.05) is 25.5 Å². The molecule has 3 rings (SSSR count). The number of esters is 1. The number of halogens is 1. The molecule has 0 amide bonds. The monoisotopic (exact) mass is 568 g/mol. The molecule has 3 aromatic rings. The highest BCUT2D eigenvalue weighted by Crippen LogP contribution is 2.24. The van der Waals surface area contributed by atoms with Crippen molar-refractivity contribution in [2.75, 3.05) is 32.1 Å². The van der Waals surface area contributed by atoms with E-state index in [1.807, 2.05) is 44.2 Å². The van der Waals surface area contributed by atoms with Crippen LogP contribution >= 0.6 is 35.3 Å². The quantitative estimate of drug-likeness (QED) is 0.124. The van der Waals surface area contributed by atoms with Gasteiger partial charge in [-0.15, -0.1) is 35.3 Å². The zero-order chi connectivity index (χ0) is 22.2. The lowest BCUT2D eigenvalue weighted by molar-refractivity contribution is 0.0531. The van der Waals surface area contributed by atoms with E-state index in [0.29, 0.717) is 36.2 Å². The van der Waals surface area contributed by atoms with Crippen molar-refractivity contribution in [1.29, 1.82) is 0 Å². The van der Waals surface area contributed by atoms with E-state index in [9.17, 15) is 4.79 Å². The molecule has 2 aromatic heterocycles. The molecule has 0 bridgehead atoms. The molecule has 8 nitrogen and oxygen atoms in total. The molecule has 1 unspecified atom stereocenters. The summed E-state index contributed by atoms with van der Waals surface area (Å²) in [4.78, 5) is 26.0. The summed E-state index contributed by atoms with van der Waals surface area (Å²) < 4.78 is 5.09. The van der Waals surface area contributed by atoms with E-state index in [2.05, 4.69) is 37.0 Å². The summed E-state index contributed by atoms with van der Waals surface area (Å²) in [5, 5.41) is 11.8. The average molecular weight is 568 g/mol. The number of rotatable bonds is 8. The third-order valence-corrected chi connectivity index (χ3v) is 5.86. The first kappa shape index (κ1) is 25.8. The second kappa shape index (κ2) is 12.5. The Morgan fingerprint density at radius 2 is 1.97 bits per heavy atom. The summed E-state index contributed by atoms with van der Waals surface area (Å²) in [6.07, 6.45) is 0. The number of hydrogen-bond acceptors (Lipinski definition) is 7. The minimum absolute atomic E-state index is 0. The Morgan fingerprint density at radius 1 is 1.19 bits per heavy atom. The Balaban J connectivity index is 0.00000363. The number of pyridine rings is 1. The topological polar surface area (TPSA) is 101 Å². The van der Waals surface area contributed by atoms with Crippen LogP contribution < -0.4 is 16.0 Å². The van der Waals surface area contributed by atoms with Crippen LogP contribution in [0.25, 0.3) is 10.9 Å². The number of guanidine groups is 1. The van der Waals surface area contributed by atoms with Crippen LogP contribution in [-0.4, -0.2) is 48.6 Å². The molecule has 0 radical (unpaired) electrons. The molecule has 0 fully saturated rings. The number of ether oxygens (including phenoxy) is 1. The fourth-order valence-electron chi connectivity index (χ4n) is 2.99. The molecular weight excluding hydrogens is 539 g/mol. The zero-order valence-corrected chi connectivity index (χ0v) is 21.8. The van der Waals surface area contributed by atoms with Gasteiger partial charge in [-0.2, -0.15) is 0 Å². The number of thiazole rings is 1. The highest BCUT2D eigenvalue weighted by molar-refractivity contribution is 14.0. The van der Waals surface area contributed by atoms with Crippen LogP contribution in [0.5, 0.6) is 0 Å². The number of aryl methyl sites for hydroxylation is 1. The van der Waals surface area contributed by atoms with E-state index >= 15 is 0 Å². The Bertz CT molecular complexity index is 1070. The molecule has 3 N–H and O–H groups in total. The molecule has 0 aliphatic heterocycles. The summed E-state index contributed by atoms with van der Waals surface area (Å²) >= 11 is 1.34.